The zero-order chi connectivity index (χ0) is 18.6. The molecule has 3 aliphatic rings. The number of nitrogens with two attached hydrogens (primary N) is 1. The van der Waals surface area contributed by atoms with Crippen LogP contribution < -0.4 is 11.1 Å². The third kappa shape index (κ3) is 4.12. The van der Waals surface area contributed by atoms with Crippen LogP contribution in [0.3, 0.4) is 0 Å². The van der Waals surface area contributed by atoms with Crippen LogP contribution in [0.4, 0.5) is 0 Å². The summed E-state index contributed by atoms with van der Waals surface area (Å²) in [7, 11) is 0.594. The van der Waals surface area contributed by atoms with Gasteiger partial charge >= 0.3 is 7.69 Å². The second-order valence-corrected chi connectivity index (χ2v) is 7.72. The van der Waals surface area contributed by atoms with Gasteiger partial charge in [0.1, 0.15) is 6.23 Å². The molecule has 0 aromatic heterocycles. The van der Waals surface area contributed by atoms with Gasteiger partial charge in [0, 0.05) is 5.56 Å². The average molecular weight is 359 g/mol. The first-order valence-corrected chi connectivity index (χ1v) is 9.46. The summed E-state index contributed by atoms with van der Waals surface area (Å²) < 4.78 is 5.02. The highest BCUT2D eigenvalue weighted by Gasteiger charge is 2.48. The smallest absolute Gasteiger partial charge is 0.429 e. The maximum Gasteiger partial charge on any atom is 0.486 e. The number of carbonyl (C=O) groups excluding carboxylic acids is 1. The third-order valence-electron chi connectivity index (χ3n) is 6.15. The molecule has 6 nitrogen and oxygen atoms in total. The first kappa shape index (κ1) is 19.4. The highest BCUT2D eigenvalue weighted by molar-refractivity contribution is 6.16. The number of fused-ring (bicyclic) bond motifs is 3. The monoisotopic (exact) mass is 359 g/mol. The molecule has 1 aromatic rings. The molecule has 7 heteroatoms. The van der Waals surface area contributed by atoms with Crippen molar-refractivity contribution in [3.63, 3.8) is 0 Å². The van der Waals surface area contributed by atoms with E-state index in [9.17, 15) is 9.90 Å². The molecule has 3 aliphatic carbocycles. The Hall–Kier alpha value is -1.41. The van der Waals surface area contributed by atoms with Gasteiger partial charge in [0.2, 0.25) is 0 Å². The Morgan fingerprint density at radius 1 is 1.19 bits per heavy atom. The molecule has 26 heavy (non-hydrogen) atoms. The third-order valence-corrected chi connectivity index (χ3v) is 6.15. The number of amides is 1. The van der Waals surface area contributed by atoms with Gasteiger partial charge in [0.25, 0.3) is 5.91 Å². The molecule has 1 atom stereocenters. The molecule has 0 heterocycles. The van der Waals surface area contributed by atoms with Crippen LogP contribution in [-0.2, 0) is 10.1 Å². The molecule has 2 bridgehead atoms. The fraction of sp³-hybridized carbons (Fsp3) is 0.632. The predicted octanol–water partition coefficient (Wildman–Crippen LogP) is 1.36. The van der Waals surface area contributed by atoms with Gasteiger partial charge in [-0.3, -0.25) is 4.79 Å². The Balaban J connectivity index is 1.64. The number of hydrogen-bond acceptors (Lipinski definition) is 5. The molecule has 5 N–H and O–H groups in total. The van der Waals surface area contributed by atoms with Crippen LogP contribution in [0, 0.1) is 0 Å². The van der Waals surface area contributed by atoms with Crippen molar-refractivity contribution in [2.24, 2.45) is 5.73 Å². The number of hydrogen-bond donors (Lipinski definition) is 4. The van der Waals surface area contributed by atoms with E-state index in [1.807, 2.05) is 24.3 Å². The highest BCUT2D eigenvalue weighted by Crippen LogP contribution is 2.53. The summed E-state index contributed by atoms with van der Waals surface area (Å²) in [6, 6.07) is 7.77. The summed E-state index contributed by atoms with van der Waals surface area (Å²) >= 11 is 0. The Morgan fingerprint density at radius 2 is 1.81 bits per heavy atom. The van der Waals surface area contributed by atoms with Gasteiger partial charge in [-0.15, -0.1) is 0 Å². The normalized spacial score (nSPS) is 28.6. The molecule has 0 spiro atoms. The molecule has 0 saturated heterocycles. The maximum absolute atomic E-state index is 12.4. The zero-order valence-corrected chi connectivity index (χ0v) is 15.1. The lowest BCUT2D eigenvalue weighted by molar-refractivity contribution is -0.0660. The molecule has 1 radical (unpaired) electrons. The lowest BCUT2D eigenvalue weighted by atomic mass is 9.56. The van der Waals surface area contributed by atoms with Crippen LogP contribution in [0.2, 0.25) is 0 Å². The van der Waals surface area contributed by atoms with Crippen LogP contribution in [0.25, 0.3) is 0 Å². The van der Waals surface area contributed by atoms with Gasteiger partial charge in [-0.2, -0.15) is 0 Å². The Kier molecular flexibility index (Phi) is 6.02. The summed E-state index contributed by atoms with van der Waals surface area (Å²) in [6.07, 6.45) is 6.26. The lowest BCUT2D eigenvalue weighted by Gasteiger charge is -2.51. The van der Waals surface area contributed by atoms with E-state index in [4.69, 9.17) is 15.4 Å². The summed E-state index contributed by atoms with van der Waals surface area (Å²) in [5.74, 6) is -0.236. The zero-order valence-electron chi connectivity index (χ0n) is 15.1. The van der Waals surface area contributed by atoms with Crippen LogP contribution in [0.5, 0.6) is 0 Å². The summed E-state index contributed by atoms with van der Waals surface area (Å²) in [6.45, 7) is 0.493. The molecule has 4 rings (SSSR count). The Morgan fingerprint density at radius 3 is 2.35 bits per heavy atom. The molecule has 1 aromatic carbocycles. The number of rotatable bonds is 8. The molecule has 141 valence electrons. The van der Waals surface area contributed by atoms with E-state index >= 15 is 0 Å². The SMILES string of the molecule is NCCC[C@H](NC(=O)c1ccc(C23CCC(O)(CC2)CC3)cc1)O[B]O. The van der Waals surface area contributed by atoms with Crippen LogP contribution in [0.1, 0.15) is 67.3 Å². The first-order chi connectivity index (χ1) is 12.5. The van der Waals surface area contributed by atoms with Crippen molar-refractivity contribution in [3.8, 4) is 0 Å². The minimum atomic E-state index is -0.594. The van der Waals surface area contributed by atoms with Crippen molar-refractivity contribution in [2.45, 2.75) is 68.6 Å². The van der Waals surface area contributed by atoms with Crippen molar-refractivity contribution < 1.29 is 19.6 Å². The van der Waals surface area contributed by atoms with E-state index < -0.39 is 11.8 Å². The van der Waals surface area contributed by atoms with Crippen molar-refractivity contribution in [2.75, 3.05) is 6.54 Å². The van der Waals surface area contributed by atoms with E-state index in [-0.39, 0.29) is 11.3 Å². The topological polar surface area (TPSA) is 105 Å². The van der Waals surface area contributed by atoms with Crippen LogP contribution in [-0.4, -0.2) is 42.1 Å². The standard InChI is InChI=1S/C19H28BN2O4/c21-13-1-2-16(26-20-25)22-17(23)14-3-5-15(6-4-14)18-7-10-19(24,11-8-18)12-9-18/h3-6,16,24-25H,1-2,7-13,21H2,(H,22,23)/t16-,18?,19?/m1/s1. The molecule has 0 aliphatic heterocycles. The van der Waals surface area contributed by atoms with Crippen LogP contribution >= 0.6 is 0 Å². The fourth-order valence-electron chi connectivity index (χ4n) is 4.35. The summed E-state index contributed by atoms with van der Waals surface area (Å²) in [5.41, 5.74) is 7.02. The number of aliphatic hydroxyl groups is 1. The molecular weight excluding hydrogens is 331 g/mol. The quantitative estimate of drug-likeness (QED) is 0.414. The lowest BCUT2D eigenvalue weighted by Crippen LogP contribution is -2.48. The van der Waals surface area contributed by atoms with E-state index in [1.54, 1.807) is 0 Å². The van der Waals surface area contributed by atoms with Crippen molar-refractivity contribution in [3.05, 3.63) is 35.4 Å². The van der Waals surface area contributed by atoms with Crippen LogP contribution in [0.15, 0.2) is 24.3 Å². The maximum atomic E-state index is 12.4. The molecule has 0 unspecified atom stereocenters. The van der Waals surface area contributed by atoms with Crippen molar-refractivity contribution in [1.29, 1.82) is 0 Å². The second kappa shape index (κ2) is 8.09. The van der Waals surface area contributed by atoms with Gasteiger partial charge in [0.05, 0.1) is 5.60 Å². The highest BCUT2D eigenvalue weighted by atomic mass is 16.5. The van der Waals surface area contributed by atoms with Gasteiger partial charge in [-0.25, -0.2) is 0 Å². The fourth-order valence-corrected chi connectivity index (χ4v) is 4.35. The van der Waals surface area contributed by atoms with Gasteiger partial charge in [-0.1, -0.05) is 12.1 Å². The molecule has 1 amide bonds. The van der Waals surface area contributed by atoms with Gasteiger partial charge in [0.15, 0.2) is 0 Å². The molecular formula is C19H28BN2O4. The number of nitrogens with one attached hydrogen (secondary N) is 1. The number of benzene rings is 1. The van der Waals surface area contributed by atoms with Gasteiger partial charge < -0.3 is 25.8 Å². The summed E-state index contributed by atoms with van der Waals surface area (Å²) in [5, 5.41) is 22.0. The summed E-state index contributed by atoms with van der Waals surface area (Å²) in [4.78, 5) is 12.4. The van der Waals surface area contributed by atoms with E-state index in [1.165, 1.54) is 5.56 Å². The van der Waals surface area contributed by atoms with E-state index in [2.05, 4.69) is 5.32 Å². The molecule has 3 saturated carbocycles. The average Bonchev–Trinajstić information content (AvgIpc) is 2.67. The molecule has 3 fully saturated rings. The van der Waals surface area contributed by atoms with E-state index in [0.717, 1.165) is 38.5 Å². The van der Waals surface area contributed by atoms with E-state index in [0.29, 0.717) is 32.6 Å². The predicted molar refractivity (Wildman–Crippen MR) is 99.4 cm³/mol. The van der Waals surface area contributed by atoms with Gasteiger partial charge in [-0.05, 0) is 81.0 Å². The van der Waals surface area contributed by atoms with Crippen molar-refractivity contribution >= 4 is 13.6 Å². The minimum Gasteiger partial charge on any atom is -0.429 e. The Bertz CT molecular complexity index is 598. The minimum absolute atomic E-state index is 0.151. The Labute approximate surface area is 155 Å². The number of carbonyl (C=O) groups is 1. The van der Waals surface area contributed by atoms with Crippen molar-refractivity contribution in [1.82, 2.24) is 5.32 Å². The second-order valence-electron chi connectivity index (χ2n) is 7.72. The first-order valence-electron chi connectivity index (χ1n) is 9.46. The largest absolute Gasteiger partial charge is 0.486 e.